The van der Waals surface area contributed by atoms with Gasteiger partial charge in [-0.25, -0.2) is 0 Å². The summed E-state index contributed by atoms with van der Waals surface area (Å²) in [6, 6.07) is 19.9. The third-order valence-electron chi connectivity index (χ3n) is 5.74. The molecule has 2 fully saturated rings. The van der Waals surface area contributed by atoms with Gasteiger partial charge in [0.2, 0.25) is 0 Å². The van der Waals surface area contributed by atoms with E-state index < -0.39 is 0 Å². The van der Waals surface area contributed by atoms with Crippen molar-refractivity contribution in [3.63, 3.8) is 0 Å². The molecule has 2 heteroatoms. The van der Waals surface area contributed by atoms with Gasteiger partial charge in [-0.15, -0.1) is 0 Å². The molecular formula is C24H29NO. The van der Waals surface area contributed by atoms with Crippen molar-refractivity contribution in [3.8, 4) is 0 Å². The maximum atomic E-state index is 6.50. The molecule has 2 aliphatic rings. The molecule has 0 radical (unpaired) electrons. The Hall–Kier alpha value is -2.06. The molecule has 26 heavy (non-hydrogen) atoms. The van der Waals surface area contributed by atoms with E-state index in [1.165, 1.54) is 67.5 Å². The summed E-state index contributed by atoms with van der Waals surface area (Å²) in [6.45, 7) is 5.27. The maximum absolute atomic E-state index is 6.50. The Morgan fingerprint density at radius 3 is 2.42 bits per heavy atom. The van der Waals surface area contributed by atoms with Gasteiger partial charge < -0.3 is 4.74 Å². The van der Waals surface area contributed by atoms with Crippen molar-refractivity contribution in [2.45, 2.75) is 51.7 Å². The van der Waals surface area contributed by atoms with Gasteiger partial charge in [0.25, 0.3) is 0 Å². The first-order valence-corrected chi connectivity index (χ1v) is 10.0. The molecule has 4 rings (SSSR count). The number of likely N-dealkylation sites (tertiary alicyclic amines) is 1. The molecule has 1 aliphatic carbocycles. The second-order valence-electron chi connectivity index (χ2n) is 7.65. The summed E-state index contributed by atoms with van der Waals surface area (Å²) in [4.78, 5) is 2.65. The summed E-state index contributed by atoms with van der Waals surface area (Å²) in [5.41, 5.74) is 5.28. The van der Waals surface area contributed by atoms with E-state index in [-0.39, 0.29) is 0 Å². The zero-order valence-electron chi connectivity index (χ0n) is 15.8. The molecule has 2 nitrogen and oxygen atoms in total. The monoisotopic (exact) mass is 347 g/mol. The van der Waals surface area contributed by atoms with Gasteiger partial charge >= 0.3 is 0 Å². The first-order chi connectivity index (χ1) is 12.8. The lowest BCUT2D eigenvalue weighted by Gasteiger charge is -2.42. The van der Waals surface area contributed by atoms with Gasteiger partial charge in [0.1, 0.15) is 12.4 Å². The van der Waals surface area contributed by atoms with Gasteiger partial charge in [-0.2, -0.15) is 0 Å². The van der Waals surface area contributed by atoms with E-state index in [9.17, 15) is 0 Å². The minimum atomic E-state index is 0.574. The van der Waals surface area contributed by atoms with E-state index in [0.29, 0.717) is 12.6 Å². The van der Waals surface area contributed by atoms with Gasteiger partial charge in [-0.05, 0) is 56.8 Å². The van der Waals surface area contributed by atoms with Gasteiger partial charge in [-0.1, -0.05) is 66.6 Å². The number of aryl methyl sites for hydroxylation is 1. The zero-order valence-corrected chi connectivity index (χ0v) is 15.8. The molecule has 1 saturated heterocycles. The molecule has 1 heterocycles. The van der Waals surface area contributed by atoms with E-state index in [1.54, 1.807) is 0 Å². The molecule has 1 saturated carbocycles. The Balaban J connectivity index is 1.67. The van der Waals surface area contributed by atoms with Crippen LogP contribution in [-0.4, -0.2) is 24.0 Å². The number of nitrogens with zero attached hydrogens (tertiary/aromatic N) is 1. The van der Waals surface area contributed by atoms with Gasteiger partial charge in [0.05, 0.1) is 0 Å². The fraction of sp³-hybridized carbons (Fsp3) is 0.417. The molecule has 0 N–H and O–H groups in total. The molecule has 0 spiro atoms. The average Bonchev–Trinajstić information content (AvgIpc) is 2.64. The molecule has 2 aromatic carbocycles. The van der Waals surface area contributed by atoms with Crippen LogP contribution in [0.2, 0.25) is 0 Å². The number of ether oxygens (including phenoxy) is 1. The Labute approximate surface area is 157 Å². The highest BCUT2D eigenvalue weighted by Crippen LogP contribution is 2.36. The molecule has 1 atom stereocenters. The second-order valence-corrected chi connectivity index (χ2v) is 7.65. The molecule has 1 aliphatic heterocycles. The Morgan fingerprint density at radius 2 is 1.73 bits per heavy atom. The fourth-order valence-corrected chi connectivity index (χ4v) is 4.11. The topological polar surface area (TPSA) is 12.5 Å². The maximum Gasteiger partial charge on any atom is 0.127 e. The van der Waals surface area contributed by atoms with E-state index >= 15 is 0 Å². The first-order valence-electron chi connectivity index (χ1n) is 10.0. The van der Waals surface area contributed by atoms with Crippen molar-refractivity contribution in [3.05, 3.63) is 76.9 Å². The summed E-state index contributed by atoms with van der Waals surface area (Å²) >= 11 is 0. The third-order valence-corrected chi connectivity index (χ3v) is 5.74. The molecule has 136 valence electrons. The summed E-state index contributed by atoms with van der Waals surface area (Å²) in [7, 11) is 0. The predicted molar refractivity (Wildman–Crippen MR) is 108 cm³/mol. The lowest BCUT2D eigenvalue weighted by atomic mass is 9.85. The van der Waals surface area contributed by atoms with Crippen LogP contribution in [0.4, 0.5) is 0 Å². The minimum absolute atomic E-state index is 0.574. The summed E-state index contributed by atoms with van der Waals surface area (Å²) in [6.07, 6.45) is 6.40. The molecule has 0 amide bonds. The molecule has 2 aromatic rings. The van der Waals surface area contributed by atoms with Crippen LogP contribution in [0.1, 0.15) is 48.8 Å². The minimum Gasteiger partial charge on any atom is -0.488 e. The molecule has 0 aromatic heterocycles. The standard InChI is InChI=1S/C24H29NO/c1-19-12-14-21(15-13-19)24(26-18-20-8-3-2-4-9-20)22-10-5-6-11-23(22)25-16-7-17-25/h2-4,8-9,12-15,23H,5-7,10-11,16-18H2,1H3. The molecular weight excluding hydrogens is 318 g/mol. The van der Waals surface area contributed by atoms with E-state index in [2.05, 4.69) is 66.4 Å². The van der Waals surface area contributed by atoms with Crippen LogP contribution in [0.5, 0.6) is 0 Å². The lowest BCUT2D eigenvalue weighted by molar-refractivity contribution is 0.118. The summed E-state index contributed by atoms with van der Waals surface area (Å²) < 4.78 is 6.50. The van der Waals surface area contributed by atoms with Crippen molar-refractivity contribution in [2.24, 2.45) is 0 Å². The van der Waals surface area contributed by atoms with Gasteiger partial charge in [0, 0.05) is 11.6 Å². The van der Waals surface area contributed by atoms with Gasteiger partial charge in [0.15, 0.2) is 0 Å². The van der Waals surface area contributed by atoms with Crippen LogP contribution < -0.4 is 0 Å². The molecule has 1 unspecified atom stereocenters. The SMILES string of the molecule is Cc1ccc(C(OCc2ccccc2)=C2CCCCC2N2CCC2)cc1. The zero-order chi connectivity index (χ0) is 17.8. The Bertz CT molecular complexity index is 744. The highest BCUT2D eigenvalue weighted by Gasteiger charge is 2.31. The normalized spacial score (nSPS) is 22.6. The van der Waals surface area contributed by atoms with Crippen molar-refractivity contribution in [1.29, 1.82) is 0 Å². The van der Waals surface area contributed by atoms with Crippen molar-refractivity contribution in [1.82, 2.24) is 4.90 Å². The van der Waals surface area contributed by atoms with Gasteiger partial charge in [-0.3, -0.25) is 4.90 Å². The number of rotatable bonds is 5. The first kappa shape index (κ1) is 17.4. The van der Waals surface area contributed by atoms with E-state index in [0.717, 1.165) is 5.76 Å². The summed E-state index contributed by atoms with van der Waals surface area (Å²) in [5.74, 6) is 1.13. The van der Waals surface area contributed by atoms with Crippen LogP contribution in [0, 0.1) is 6.92 Å². The highest BCUT2D eigenvalue weighted by molar-refractivity contribution is 5.65. The smallest absolute Gasteiger partial charge is 0.127 e. The molecule has 0 bridgehead atoms. The van der Waals surface area contributed by atoms with Crippen LogP contribution in [0.3, 0.4) is 0 Å². The van der Waals surface area contributed by atoms with Crippen LogP contribution in [0.25, 0.3) is 5.76 Å². The van der Waals surface area contributed by atoms with E-state index in [4.69, 9.17) is 4.74 Å². The van der Waals surface area contributed by atoms with Crippen molar-refractivity contribution >= 4 is 5.76 Å². The number of benzene rings is 2. The number of hydrogen-bond donors (Lipinski definition) is 0. The number of hydrogen-bond acceptors (Lipinski definition) is 2. The predicted octanol–water partition coefficient (Wildman–Crippen LogP) is 5.57. The van der Waals surface area contributed by atoms with Crippen LogP contribution in [-0.2, 0) is 11.3 Å². The second kappa shape index (κ2) is 8.09. The Morgan fingerprint density at radius 1 is 0.962 bits per heavy atom. The lowest BCUT2D eigenvalue weighted by Crippen LogP contribution is -2.47. The fourth-order valence-electron chi connectivity index (χ4n) is 4.11. The quantitative estimate of drug-likeness (QED) is 0.656. The highest BCUT2D eigenvalue weighted by atomic mass is 16.5. The third kappa shape index (κ3) is 3.86. The average molecular weight is 348 g/mol. The largest absolute Gasteiger partial charge is 0.488 e. The van der Waals surface area contributed by atoms with Crippen LogP contribution >= 0.6 is 0 Å². The van der Waals surface area contributed by atoms with E-state index in [1.807, 2.05) is 0 Å². The van der Waals surface area contributed by atoms with Crippen molar-refractivity contribution < 1.29 is 4.74 Å². The van der Waals surface area contributed by atoms with Crippen molar-refractivity contribution in [2.75, 3.05) is 13.1 Å². The van der Waals surface area contributed by atoms with Crippen LogP contribution in [0.15, 0.2) is 60.2 Å². The Kier molecular flexibility index (Phi) is 5.40. The summed E-state index contributed by atoms with van der Waals surface area (Å²) in [5, 5.41) is 0.